The molecule has 14 heavy (non-hydrogen) atoms. The Balaban J connectivity index is 2.52. The Morgan fingerprint density at radius 3 is 2.79 bits per heavy atom. The Hall–Kier alpha value is -0.800. The molecule has 2 rings (SSSR count). The van der Waals surface area contributed by atoms with E-state index in [1.807, 2.05) is 25.1 Å². The number of aryl methyl sites for hydroxylation is 1. The molecule has 0 radical (unpaired) electrons. The quantitative estimate of drug-likeness (QED) is 0.782. The molecule has 1 heterocycles. The summed E-state index contributed by atoms with van der Waals surface area (Å²) < 4.78 is 6.32. The van der Waals surface area contributed by atoms with Gasteiger partial charge in [-0.25, -0.2) is 4.98 Å². The lowest BCUT2D eigenvalue weighted by molar-refractivity contribution is 0.542. The van der Waals surface area contributed by atoms with Crippen LogP contribution in [0.3, 0.4) is 0 Å². The molecule has 2 aromatic rings. The lowest BCUT2D eigenvalue weighted by Gasteiger charge is -1.99. The van der Waals surface area contributed by atoms with Gasteiger partial charge in [0.25, 0.3) is 0 Å². The van der Waals surface area contributed by atoms with E-state index in [2.05, 4.69) is 20.9 Å². The number of oxazole rings is 1. The second-order valence-corrected chi connectivity index (χ2v) is 4.22. The zero-order valence-corrected chi connectivity index (χ0v) is 9.76. The molecule has 0 aliphatic heterocycles. The third-order valence-electron chi connectivity index (χ3n) is 1.78. The van der Waals surface area contributed by atoms with Gasteiger partial charge in [-0.3, -0.25) is 0 Å². The highest BCUT2D eigenvalue weighted by Crippen LogP contribution is 2.29. The van der Waals surface area contributed by atoms with Crippen molar-refractivity contribution in [2.75, 3.05) is 0 Å². The molecule has 0 aliphatic rings. The van der Waals surface area contributed by atoms with Crippen LogP contribution in [0.15, 0.2) is 33.3 Å². The Labute approximate surface area is 95.0 Å². The molecule has 0 N–H and O–H groups in total. The zero-order valence-electron chi connectivity index (χ0n) is 7.42. The first-order chi connectivity index (χ1) is 6.66. The van der Waals surface area contributed by atoms with Gasteiger partial charge in [0, 0.05) is 4.47 Å². The number of nitrogens with zero attached hydrogens (tertiary/aromatic N) is 1. The fraction of sp³-hybridized carbons (Fsp3) is 0.100. The van der Waals surface area contributed by atoms with E-state index in [0.29, 0.717) is 10.9 Å². The molecule has 1 aromatic carbocycles. The molecule has 0 fully saturated rings. The van der Waals surface area contributed by atoms with Crippen molar-refractivity contribution in [3.05, 3.63) is 39.7 Å². The van der Waals surface area contributed by atoms with Crippen molar-refractivity contribution < 1.29 is 4.42 Å². The molecule has 2 nitrogen and oxygen atoms in total. The van der Waals surface area contributed by atoms with Crippen LogP contribution in [0.5, 0.6) is 0 Å². The van der Waals surface area contributed by atoms with Crippen LogP contribution in [-0.2, 0) is 0 Å². The zero-order chi connectivity index (χ0) is 10.1. The number of rotatable bonds is 1. The van der Waals surface area contributed by atoms with Crippen LogP contribution < -0.4 is 0 Å². The van der Waals surface area contributed by atoms with Crippen LogP contribution in [0, 0.1) is 6.92 Å². The van der Waals surface area contributed by atoms with E-state index < -0.39 is 0 Å². The highest BCUT2D eigenvalue weighted by molar-refractivity contribution is 9.10. The summed E-state index contributed by atoms with van der Waals surface area (Å²) in [5.74, 6) is 1.33. The fourth-order valence-electron chi connectivity index (χ4n) is 1.14. The first-order valence-electron chi connectivity index (χ1n) is 4.04. The average Bonchev–Trinajstić information content (AvgIpc) is 2.51. The predicted octanol–water partition coefficient (Wildman–Crippen LogP) is 4.07. The van der Waals surface area contributed by atoms with Crippen molar-refractivity contribution in [3.63, 3.8) is 0 Å². The van der Waals surface area contributed by atoms with Gasteiger partial charge in [-0.05, 0) is 25.1 Å². The molecule has 0 unspecified atom stereocenters. The summed E-state index contributed by atoms with van der Waals surface area (Å²) >= 11 is 9.38. The first kappa shape index (κ1) is 9.74. The van der Waals surface area contributed by atoms with Crippen molar-refractivity contribution in [2.45, 2.75) is 6.92 Å². The van der Waals surface area contributed by atoms with Gasteiger partial charge >= 0.3 is 0 Å². The minimum atomic E-state index is 0.556. The number of hydrogen-bond acceptors (Lipinski definition) is 2. The van der Waals surface area contributed by atoms with Gasteiger partial charge in [0.15, 0.2) is 0 Å². The van der Waals surface area contributed by atoms with Gasteiger partial charge in [0.1, 0.15) is 5.76 Å². The van der Waals surface area contributed by atoms with Gasteiger partial charge in [-0.2, -0.15) is 0 Å². The maximum atomic E-state index is 6.04. The minimum Gasteiger partial charge on any atom is -0.441 e. The highest BCUT2D eigenvalue weighted by Gasteiger charge is 2.08. The van der Waals surface area contributed by atoms with Crippen molar-refractivity contribution >= 4 is 27.5 Å². The van der Waals surface area contributed by atoms with E-state index in [1.54, 1.807) is 6.20 Å². The third-order valence-corrected chi connectivity index (χ3v) is 2.59. The van der Waals surface area contributed by atoms with Crippen LogP contribution in [-0.4, -0.2) is 4.98 Å². The van der Waals surface area contributed by atoms with Crippen molar-refractivity contribution in [2.24, 2.45) is 0 Å². The summed E-state index contributed by atoms with van der Waals surface area (Å²) in [7, 11) is 0. The summed E-state index contributed by atoms with van der Waals surface area (Å²) in [4.78, 5) is 4.11. The van der Waals surface area contributed by atoms with Gasteiger partial charge in [-0.15, -0.1) is 0 Å². The molecule has 0 spiro atoms. The number of aromatic nitrogens is 1. The molecule has 0 bridgehead atoms. The number of hydrogen-bond donors (Lipinski definition) is 0. The molecule has 4 heteroatoms. The molecule has 0 saturated carbocycles. The largest absolute Gasteiger partial charge is 0.441 e. The van der Waals surface area contributed by atoms with Gasteiger partial charge in [0.05, 0.1) is 16.8 Å². The minimum absolute atomic E-state index is 0.556. The molecular weight excluding hydrogens is 265 g/mol. The van der Waals surface area contributed by atoms with Gasteiger partial charge < -0.3 is 4.42 Å². The molecule has 0 atom stereocenters. The van der Waals surface area contributed by atoms with E-state index in [9.17, 15) is 0 Å². The normalized spacial score (nSPS) is 10.5. The predicted molar refractivity (Wildman–Crippen MR) is 59.4 cm³/mol. The van der Waals surface area contributed by atoms with Crippen LogP contribution in [0.25, 0.3) is 11.5 Å². The first-order valence-corrected chi connectivity index (χ1v) is 5.22. The fourth-order valence-corrected chi connectivity index (χ4v) is 1.90. The second-order valence-electron chi connectivity index (χ2n) is 2.90. The maximum Gasteiger partial charge on any atom is 0.227 e. The smallest absolute Gasteiger partial charge is 0.227 e. The third kappa shape index (κ3) is 1.83. The van der Waals surface area contributed by atoms with E-state index in [0.717, 1.165) is 15.8 Å². The van der Waals surface area contributed by atoms with Crippen molar-refractivity contribution in [1.29, 1.82) is 0 Å². The maximum absolute atomic E-state index is 6.04. The Bertz CT molecular complexity index is 467. The van der Waals surface area contributed by atoms with Gasteiger partial charge in [-0.1, -0.05) is 27.5 Å². The molecular formula is C10H7BrClNO. The van der Waals surface area contributed by atoms with Crippen molar-refractivity contribution in [1.82, 2.24) is 4.98 Å². The second kappa shape index (κ2) is 3.75. The standard InChI is InChI=1S/C10H7BrClNO/c1-6-5-13-10(14-6)8-3-2-7(11)4-9(8)12/h2-5H,1H3. The summed E-state index contributed by atoms with van der Waals surface area (Å²) in [5.41, 5.74) is 0.808. The molecule has 0 amide bonds. The molecule has 1 aromatic heterocycles. The Kier molecular flexibility index (Phi) is 2.61. The topological polar surface area (TPSA) is 26.0 Å². The summed E-state index contributed by atoms with van der Waals surface area (Å²) in [6.07, 6.45) is 1.67. The molecule has 0 saturated heterocycles. The van der Waals surface area contributed by atoms with Crippen LogP contribution >= 0.6 is 27.5 Å². The van der Waals surface area contributed by atoms with Crippen LogP contribution in [0.4, 0.5) is 0 Å². The highest BCUT2D eigenvalue weighted by atomic mass is 79.9. The van der Waals surface area contributed by atoms with Crippen molar-refractivity contribution in [3.8, 4) is 11.5 Å². The van der Waals surface area contributed by atoms with E-state index >= 15 is 0 Å². The van der Waals surface area contributed by atoms with Gasteiger partial charge in [0.2, 0.25) is 5.89 Å². The number of halogens is 2. The summed E-state index contributed by atoms with van der Waals surface area (Å²) in [6, 6.07) is 5.59. The van der Waals surface area contributed by atoms with E-state index in [-0.39, 0.29) is 0 Å². The van der Waals surface area contributed by atoms with E-state index in [1.165, 1.54) is 0 Å². The van der Waals surface area contributed by atoms with E-state index in [4.69, 9.17) is 16.0 Å². The lowest BCUT2D eigenvalue weighted by Crippen LogP contribution is -1.78. The molecule has 72 valence electrons. The lowest BCUT2D eigenvalue weighted by atomic mass is 10.2. The average molecular weight is 273 g/mol. The monoisotopic (exact) mass is 271 g/mol. The SMILES string of the molecule is Cc1cnc(-c2ccc(Br)cc2Cl)o1. The summed E-state index contributed by atoms with van der Waals surface area (Å²) in [6.45, 7) is 1.85. The number of benzene rings is 1. The Morgan fingerprint density at radius 1 is 1.43 bits per heavy atom. The molecule has 0 aliphatic carbocycles. The van der Waals surface area contributed by atoms with Crippen LogP contribution in [0.2, 0.25) is 5.02 Å². The van der Waals surface area contributed by atoms with Crippen LogP contribution in [0.1, 0.15) is 5.76 Å². The Morgan fingerprint density at radius 2 is 2.21 bits per heavy atom. The summed E-state index contributed by atoms with van der Waals surface area (Å²) in [5, 5.41) is 0.626.